The molecule has 3 N–H and O–H groups in total. The molecule has 0 fully saturated rings. The SMILES string of the molecule is CC(C)(C)OCC1=CC(O)C(O)C1O. The van der Waals surface area contributed by atoms with E-state index < -0.39 is 18.3 Å². The molecule has 4 nitrogen and oxygen atoms in total. The Morgan fingerprint density at radius 3 is 2.21 bits per heavy atom. The first-order valence-corrected chi connectivity index (χ1v) is 4.70. The maximum atomic E-state index is 9.47. The third-order valence-electron chi connectivity index (χ3n) is 2.11. The van der Waals surface area contributed by atoms with Gasteiger partial charge in [-0.05, 0) is 32.4 Å². The van der Waals surface area contributed by atoms with Crippen LogP contribution in [0.1, 0.15) is 20.8 Å². The molecule has 1 aliphatic rings. The fourth-order valence-corrected chi connectivity index (χ4v) is 1.26. The monoisotopic (exact) mass is 202 g/mol. The number of aliphatic hydroxyl groups is 3. The lowest BCUT2D eigenvalue weighted by molar-refractivity contribution is -0.0260. The molecule has 1 rings (SSSR count). The Bertz CT molecular complexity index is 229. The number of ether oxygens (including phenoxy) is 1. The molecule has 0 amide bonds. The summed E-state index contributed by atoms with van der Waals surface area (Å²) in [7, 11) is 0. The van der Waals surface area contributed by atoms with Crippen molar-refractivity contribution in [2.24, 2.45) is 0 Å². The molecule has 0 bridgehead atoms. The molecule has 82 valence electrons. The molecule has 3 unspecified atom stereocenters. The summed E-state index contributed by atoms with van der Waals surface area (Å²) in [5.74, 6) is 0. The van der Waals surface area contributed by atoms with Crippen molar-refractivity contribution in [2.75, 3.05) is 6.61 Å². The predicted molar refractivity (Wildman–Crippen MR) is 51.8 cm³/mol. The molecule has 1 aliphatic carbocycles. The van der Waals surface area contributed by atoms with Crippen molar-refractivity contribution in [1.82, 2.24) is 0 Å². The van der Waals surface area contributed by atoms with Gasteiger partial charge in [0.1, 0.15) is 18.3 Å². The summed E-state index contributed by atoms with van der Waals surface area (Å²) < 4.78 is 5.43. The summed E-state index contributed by atoms with van der Waals surface area (Å²) in [4.78, 5) is 0. The van der Waals surface area contributed by atoms with Crippen molar-refractivity contribution >= 4 is 0 Å². The van der Waals surface area contributed by atoms with Crippen molar-refractivity contribution in [3.63, 3.8) is 0 Å². The van der Waals surface area contributed by atoms with E-state index in [4.69, 9.17) is 4.74 Å². The van der Waals surface area contributed by atoms with Gasteiger partial charge in [0, 0.05) is 0 Å². The Labute approximate surface area is 83.8 Å². The molecule has 0 aromatic rings. The zero-order valence-corrected chi connectivity index (χ0v) is 8.77. The fourth-order valence-electron chi connectivity index (χ4n) is 1.26. The predicted octanol–water partition coefficient (Wildman–Crippen LogP) is -0.176. The minimum Gasteiger partial charge on any atom is -0.387 e. The van der Waals surface area contributed by atoms with Gasteiger partial charge in [-0.15, -0.1) is 0 Å². The molecule has 14 heavy (non-hydrogen) atoms. The maximum Gasteiger partial charge on any atom is 0.113 e. The summed E-state index contributed by atoms with van der Waals surface area (Å²) in [5.41, 5.74) is 0.249. The Balaban J connectivity index is 2.51. The molecule has 0 aliphatic heterocycles. The molecular weight excluding hydrogens is 184 g/mol. The first-order chi connectivity index (χ1) is 6.31. The number of hydrogen-bond acceptors (Lipinski definition) is 4. The molecule has 3 atom stereocenters. The van der Waals surface area contributed by atoms with E-state index in [0.717, 1.165) is 0 Å². The zero-order valence-electron chi connectivity index (χ0n) is 8.77. The van der Waals surface area contributed by atoms with Gasteiger partial charge in [-0.1, -0.05) is 0 Å². The second-order valence-corrected chi connectivity index (χ2v) is 4.57. The van der Waals surface area contributed by atoms with Crippen molar-refractivity contribution in [3.05, 3.63) is 11.6 Å². The normalized spacial score (nSPS) is 33.3. The van der Waals surface area contributed by atoms with Crippen LogP contribution in [0.5, 0.6) is 0 Å². The van der Waals surface area contributed by atoms with Crippen LogP contribution < -0.4 is 0 Å². The van der Waals surface area contributed by atoms with Gasteiger partial charge in [-0.2, -0.15) is 0 Å². The topological polar surface area (TPSA) is 69.9 Å². The van der Waals surface area contributed by atoms with E-state index in [1.54, 1.807) is 0 Å². The Morgan fingerprint density at radius 1 is 1.29 bits per heavy atom. The van der Waals surface area contributed by atoms with Crippen LogP contribution in [0, 0.1) is 0 Å². The second-order valence-electron chi connectivity index (χ2n) is 4.57. The van der Waals surface area contributed by atoms with Crippen molar-refractivity contribution in [2.45, 2.75) is 44.7 Å². The van der Waals surface area contributed by atoms with E-state index >= 15 is 0 Å². The van der Waals surface area contributed by atoms with Crippen molar-refractivity contribution in [3.8, 4) is 0 Å². The lowest BCUT2D eigenvalue weighted by Gasteiger charge is -2.21. The Morgan fingerprint density at radius 2 is 1.86 bits per heavy atom. The average Bonchev–Trinajstić information content (AvgIpc) is 2.28. The standard InChI is InChI=1S/C10H18O4/c1-10(2,3)14-5-6-4-7(11)9(13)8(6)12/h4,7-9,11-13H,5H2,1-3H3. The van der Waals surface area contributed by atoms with Gasteiger partial charge < -0.3 is 20.1 Å². The third-order valence-corrected chi connectivity index (χ3v) is 2.11. The van der Waals surface area contributed by atoms with E-state index in [0.29, 0.717) is 5.57 Å². The number of hydrogen-bond donors (Lipinski definition) is 3. The highest BCUT2D eigenvalue weighted by Gasteiger charge is 2.33. The van der Waals surface area contributed by atoms with Crippen LogP contribution in [0.4, 0.5) is 0 Å². The quantitative estimate of drug-likeness (QED) is 0.543. The van der Waals surface area contributed by atoms with Gasteiger partial charge in [0.15, 0.2) is 0 Å². The number of aliphatic hydroxyl groups excluding tert-OH is 3. The van der Waals surface area contributed by atoms with E-state index in [1.165, 1.54) is 6.08 Å². The third kappa shape index (κ3) is 2.78. The summed E-state index contributed by atoms with van der Waals surface area (Å²) in [5, 5.41) is 28.0. The van der Waals surface area contributed by atoms with Crippen LogP contribution in [0.15, 0.2) is 11.6 Å². The lowest BCUT2D eigenvalue weighted by Crippen LogP contribution is -2.32. The minimum absolute atomic E-state index is 0.235. The van der Waals surface area contributed by atoms with Crippen LogP contribution in [-0.4, -0.2) is 45.8 Å². The van der Waals surface area contributed by atoms with E-state index in [-0.39, 0.29) is 12.2 Å². The largest absolute Gasteiger partial charge is 0.387 e. The van der Waals surface area contributed by atoms with Crippen LogP contribution in [-0.2, 0) is 4.74 Å². The second kappa shape index (κ2) is 3.98. The van der Waals surface area contributed by atoms with Gasteiger partial charge in [0.25, 0.3) is 0 Å². The van der Waals surface area contributed by atoms with Gasteiger partial charge in [0.05, 0.1) is 12.2 Å². The van der Waals surface area contributed by atoms with E-state index in [9.17, 15) is 15.3 Å². The lowest BCUT2D eigenvalue weighted by atomic mass is 10.1. The van der Waals surface area contributed by atoms with Crippen LogP contribution in [0.3, 0.4) is 0 Å². The molecule has 4 heteroatoms. The fraction of sp³-hybridized carbons (Fsp3) is 0.800. The molecule has 0 radical (unpaired) electrons. The van der Waals surface area contributed by atoms with Crippen LogP contribution in [0.25, 0.3) is 0 Å². The average molecular weight is 202 g/mol. The molecule has 0 heterocycles. The minimum atomic E-state index is -1.12. The molecule has 0 aromatic carbocycles. The van der Waals surface area contributed by atoms with Crippen molar-refractivity contribution in [1.29, 1.82) is 0 Å². The summed E-state index contributed by atoms with van der Waals surface area (Å²) in [6.45, 7) is 5.95. The Hall–Kier alpha value is -0.420. The van der Waals surface area contributed by atoms with E-state index in [1.807, 2.05) is 20.8 Å². The molecule has 0 saturated heterocycles. The van der Waals surface area contributed by atoms with Gasteiger partial charge in [-0.25, -0.2) is 0 Å². The Kier molecular flexibility index (Phi) is 3.32. The summed E-state index contributed by atoms with van der Waals surface area (Å²) >= 11 is 0. The summed E-state index contributed by atoms with van der Waals surface area (Å²) in [6, 6.07) is 0. The smallest absolute Gasteiger partial charge is 0.113 e. The highest BCUT2D eigenvalue weighted by molar-refractivity contribution is 5.22. The van der Waals surface area contributed by atoms with Crippen LogP contribution in [0.2, 0.25) is 0 Å². The van der Waals surface area contributed by atoms with Crippen LogP contribution >= 0.6 is 0 Å². The van der Waals surface area contributed by atoms with E-state index in [2.05, 4.69) is 0 Å². The van der Waals surface area contributed by atoms with Gasteiger partial charge in [-0.3, -0.25) is 0 Å². The number of rotatable bonds is 2. The summed E-state index contributed by atoms with van der Waals surface area (Å²) in [6.07, 6.45) is -1.66. The first kappa shape index (κ1) is 11.7. The maximum absolute atomic E-state index is 9.47. The molecule has 0 spiro atoms. The first-order valence-electron chi connectivity index (χ1n) is 4.70. The van der Waals surface area contributed by atoms with Gasteiger partial charge >= 0.3 is 0 Å². The highest BCUT2D eigenvalue weighted by Crippen LogP contribution is 2.22. The molecular formula is C10H18O4. The zero-order chi connectivity index (χ0) is 10.9. The highest BCUT2D eigenvalue weighted by atomic mass is 16.5. The van der Waals surface area contributed by atoms with Crippen molar-refractivity contribution < 1.29 is 20.1 Å². The molecule has 0 saturated carbocycles. The molecule has 0 aromatic heterocycles. The van der Waals surface area contributed by atoms with Gasteiger partial charge in [0.2, 0.25) is 0 Å².